The van der Waals surface area contributed by atoms with E-state index < -0.39 is 0 Å². The Hall–Kier alpha value is -2.41. The zero-order chi connectivity index (χ0) is 16.2. The number of ether oxygens (including phenoxy) is 1. The summed E-state index contributed by atoms with van der Waals surface area (Å²) in [7, 11) is 1.58. The Morgan fingerprint density at radius 3 is 2.77 bits per heavy atom. The van der Waals surface area contributed by atoms with E-state index in [1.165, 1.54) is 0 Å². The summed E-state index contributed by atoms with van der Waals surface area (Å²) in [5.41, 5.74) is 7.01. The van der Waals surface area contributed by atoms with E-state index in [4.69, 9.17) is 10.5 Å². The summed E-state index contributed by atoms with van der Waals surface area (Å²) in [5.74, 6) is 1.45. The van der Waals surface area contributed by atoms with Gasteiger partial charge in [-0.1, -0.05) is 13.8 Å². The van der Waals surface area contributed by atoms with Crippen LogP contribution >= 0.6 is 0 Å². The topological polar surface area (TPSA) is 106 Å². The summed E-state index contributed by atoms with van der Waals surface area (Å²) in [6.07, 6.45) is 4.90. The van der Waals surface area contributed by atoms with Gasteiger partial charge in [0.05, 0.1) is 25.2 Å². The largest absolute Gasteiger partial charge is 0.495 e. The number of anilines is 2. The predicted octanol–water partition coefficient (Wildman–Crippen LogP) is 1.56. The van der Waals surface area contributed by atoms with Crippen molar-refractivity contribution in [2.24, 2.45) is 5.41 Å². The van der Waals surface area contributed by atoms with Crippen LogP contribution < -0.4 is 15.8 Å². The molecule has 0 amide bonds. The fourth-order valence-corrected chi connectivity index (χ4v) is 1.72. The molecule has 0 saturated carbocycles. The lowest BCUT2D eigenvalue weighted by atomic mass is 9.95. The number of aliphatic hydroxyl groups is 1. The summed E-state index contributed by atoms with van der Waals surface area (Å²) < 4.78 is 5.16. The van der Waals surface area contributed by atoms with Gasteiger partial charge < -0.3 is 20.9 Å². The van der Waals surface area contributed by atoms with Crippen molar-refractivity contribution in [3.8, 4) is 17.0 Å². The number of pyridine rings is 1. The van der Waals surface area contributed by atoms with Gasteiger partial charge in [0.25, 0.3) is 0 Å². The zero-order valence-corrected chi connectivity index (χ0v) is 13.0. The molecule has 118 valence electrons. The van der Waals surface area contributed by atoms with Crippen LogP contribution in [0.4, 0.5) is 11.6 Å². The average Bonchev–Trinajstić information content (AvgIpc) is 2.54. The van der Waals surface area contributed by atoms with Gasteiger partial charge in [-0.3, -0.25) is 4.98 Å². The van der Waals surface area contributed by atoms with Gasteiger partial charge in [-0.2, -0.15) is 0 Å². The Balaban J connectivity index is 2.26. The molecule has 7 nitrogen and oxygen atoms in total. The van der Waals surface area contributed by atoms with Crippen molar-refractivity contribution < 1.29 is 9.84 Å². The molecule has 0 aliphatic rings. The number of hydrogen-bond donors (Lipinski definition) is 3. The summed E-state index contributed by atoms with van der Waals surface area (Å²) in [4.78, 5) is 12.7. The van der Waals surface area contributed by atoms with Crippen molar-refractivity contribution in [1.82, 2.24) is 15.0 Å². The minimum Gasteiger partial charge on any atom is -0.495 e. The highest BCUT2D eigenvalue weighted by Gasteiger charge is 2.17. The van der Waals surface area contributed by atoms with Crippen molar-refractivity contribution in [2.45, 2.75) is 13.8 Å². The molecule has 0 aliphatic carbocycles. The second-order valence-corrected chi connectivity index (χ2v) is 5.78. The molecule has 2 aromatic heterocycles. The number of nitrogens with one attached hydrogen (secondary N) is 1. The van der Waals surface area contributed by atoms with Crippen molar-refractivity contribution in [3.63, 3.8) is 0 Å². The molecule has 0 fully saturated rings. The first-order chi connectivity index (χ1) is 10.4. The molecule has 0 bridgehead atoms. The Labute approximate surface area is 129 Å². The number of aromatic nitrogens is 3. The maximum atomic E-state index is 9.30. The second-order valence-electron chi connectivity index (χ2n) is 5.78. The molecule has 7 heteroatoms. The Morgan fingerprint density at radius 2 is 2.09 bits per heavy atom. The Morgan fingerprint density at radius 1 is 1.32 bits per heavy atom. The van der Waals surface area contributed by atoms with Crippen molar-refractivity contribution in [3.05, 3.63) is 24.7 Å². The summed E-state index contributed by atoms with van der Waals surface area (Å²) in [5, 5.41) is 12.4. The van der Waals surface area contributed by atoms with Crippen LogP contribution in [-0.2, 0) is 0 Å². The van der Waals surface area contributed by atoms with Gasteiger partial charge in [-0.05, 0) is 6.07 Å². The molecule has 2 rings (SSSR count). The first-order valence-electron chi connectivity index (χ1n) is 6.92. The SMILES string of the molecule is COc1cncc(-c2cnc(N)c(NCC(C)(C)CO)n2)c1. The summed E-state index contributed by atoms with van der Waals surface area (Å²) in [6, 6.07) is 1.83. The van der Waals surface area contributed by atoms with Crippen molar-refractivity contribution in [1.29, 1.82) is 0 Å². The highest BCUT2D eigenvalue weighted by atomic mass is 16.5. The maximum Gasteiger partial charge on any atom is 0.169 e. The molecule has 0 atom stereocenters. The van der Waals surface area contributed by atoms with E-state index in [0.29, 0.717) is 29.6 Å². The van der Waals surface area contributed by atoms with Gasteiger partial charge in [-0.25, -0.2) is 9.97 Å². The lowest BCUT2D eigenvalue weighted by Crippen LogP contribution is -2.27. The first-order valence-corrected chi connectivity index (χ1v) is 6.92. The monoisotopic (exact) mass is 303 g/mol. The second kappa shape index (κ2) is 6.57. The fourth-order valence-electron chi connectivity index (χ4n) is 1.72. The van der Waals surface area contributed by atoms with E-state index in [0.717, 1.165) is 5.56 Å². The van der Waals surface area contributed by atoms with E-state index in [1.54, 1.807) is 25.7 Å². The number of aliphatic hydroxyl groups excluding tert-OH is 1. The van der Waals surface area contributed by atoms with E-state index in [-0.39, 0.29) is 12.0 Å². The normalized spacial score (nSPS) is 11.3. The van der Waals surface area contributed by atoms with Crippen LogP contribution in [0.15, 0.2) is 24.7 Å². The predicted molar refractivity (Wildman–Crippen MR) is 85.6 cm³/mol. The van der Waals surface area contributed by atoms with Gasteiger partial charge >= 0.3 is 0 Å². The molecule has 0 spiro atoms. The van der Waals surface area contributed by atoms with Gasteiger partial charge in [-0.15, -0.1) is 0 Å². The van der Waals surface area contributed by atoms with Gasteiger partial charge in [0.1, 0.15) is 5.75 Å². The molecule has 2 heterocycles. The minimum atomic E-state index is -0.276. The van der Waals surface area contributed by atoms with Gasteiger partial charge in [0.2, 0.25) is 0 Å². The van der Waals surface area contributed by atoms with Crippen LogP contribution in [0, 0.1) is 5.41 Å². The smallest absolute Gasteiger partial charge is 0.169 e. The molecule has 0 radical (unpaired) electrons. The van der Waals surface area contributed by atoms with Crippen LogP contribution in [0.25, 0.3) is 11.3 Å². The first kappa shape index (κ1) is 16.0. The van der Waals surface area contributed by atoms with Crippen molar-refractivity contribution in [2.75, 3.05) is 31.3 Å². The molecular weight excluding hydrogens is 282 g/mol. The van der Waals surface area contributed by atoms with Gasteiger partial charge in [0.15, 0.2) is 11.6 Å². The third-order valence-corrected chi connectivity index (χ3v) is 3.21. The standard InChI is InChI=1S/C15H21N5O2/c1-15(2,9-21)8-19-14-13(16)18-7-12(20-14)10-4-11(22-3)6-17-5-10/h4-7,21H,8-9H2,1-3H3,(H2,16,18)(H,19,20). The lowest BCUT2D eigenvalue weighted by Gasteiger charge is -2.22. The minimum absolute atomic E-state index is 0.0623. The quantitative estimate of drug-likeness (QED) is 0.743. The highest BCUT2D eigenvalue weighted by Crippen LogP contribution is 2.24. The Kier molecular flexibility index (Phi) is 4.77. The van der Waals surface area contributed by atoms with Crippen LogP contribution in [0.5, 0.6) is 5.75 Å². The summed E-state index contributed by atoms with van der Waals surface area (Å²) in [6.45, 7) is 4.48. The molecule has 0 saturated heterocycles. The average molecular weight is 303 g/mol. The number of methoxy groups -OCH3 is 1. The van der Waals surface area contributed by atoms with E-state index in [2.05, 4.69) is 20.3 Å². The van der Waals surface area contributed by atoms with Crippen LogP contribution in [0.2, 0.25) is 0 Å². The zero-order valence-electron chi connectivity index (χ0n) is 13.0. The molecule has 0 unspecified atom stereocenters. The number of nitrogens with two attached hydrogens (primary N) is 1. The van der Waals surface area contributed by atoms with E-state index in [9.17, 15) is 5.11 Å². The maximum absolute atomic E-state index is 9.30. The van der Waals surface area contributed by atoms with Gasteiger partial charge in [0, 0.05) is 30.3 Å². The number of nitrogens with zero attached hydrogens (tertiary/aromatic N) is 3. The molecule has 22 heavy (non-hydrogen) atoms. The summed E-state index contributed by atoms with van der Waals surface area (Å²) >= 11 is 0. The number of rotatable bonds is 6. The third kappa shape index (κ3) is 3.82. The molecule has 4 N–H and O–H groups in total. The number of hydrogen-bond acceptors (Lipinski definition) is 7. The van der Waals surface area contributed by atoms with Crippen LogP contribution in [0.3, 0.4) is 0 Å². The van der Waals surface area contributed by atoms with Crippen molar-refractivity contribution >= 4 is 11.6 Å². The lowest BCUT2D eigenvalue weighted by molar-refractivity contribution is 0.171. The molecule has 2 aromatic rings. The Bertz CT molecular complexity index is 646. The highest BCUT2D eigenvalue weighted by molar-refractivity contribution is 5.65. The molecule has 0 aromatic carbocycles. The van der Waals surface area contributed by atoms with Crippen LogP contribution in [0.1, 0.15) is 13.8 Å². The molecule has 0 aliphatic heterocycles. The fraction of sp³-hybridized carbons (Fsp3) is 0.400. The molecular formula is C15H21N5O2. The van der Waals surface area contributed by atoms with E-state index >= 15 is 0 Å². The number of nitrogen functional groups attached to an aromatic ring is 1. The third-order valence-electron chi connectivity index (χ3n) is 3.21. The van der Waals surface area contributed by atoms with E-state index in [1.807, 2.05) is 19.9 Å². The van der Waals surface area contributed by atoms with Crippen LogP contribution in [-0.4, -0.2) is 40.3 Å².